The summed E-state index contributed by atoms with van der Waals surface area (Å²) in [6, 6.07) is 4.72. The van der Waals surface area contributed by atoms with Crippen LogP contribution in [0.2, 0.25) is 0 Å². The van der Waals surface area contributed by atoms with Crippen LogP contribution < -0.4 is 0 Å². The lowest BCUT2D eigenvalue weighted by molar-refractivity contribution is -0.147. The summed E-state index contributed by atoms with van der Waals surface area (Å²) in [4.78, 5) is 24.4. The number of aliphatic carboxylic acids is 1. The van der Waals surface area contributed by atoms with Crippen LogP contribution in [0.1, 0.15) is 24.0 Å². The van der Waals surface area contributed by atoms with Crippen LogP contribution in [0.15, 0.2) is 24.3 Å². The van der Waals surface area contributed by atoms with E-state index in [1.807, 2.05) is 0 Å². The van der Waals surface area contributed by atoms with Gasteiger partial charge in [0.2, 0.25) is 5.91 Å². The monoisotopic (exact) mass is 345 g/mol. The van der Waals surface area contributed by atoms with Crippen molar-refractivity contribution in [2.45, 2.75) is 31.5 Å². The molecule has 0 spiro atoms. The van der Waals surface area contributed by atoms with E-state index in [1.54, 1.807) is 4.90 Å². The summed E-state index contributed by atoms with van der Waals surface area (Å²) in [6.45, 7) is 0.893. The average molecular weight is 345 g/mol. The third-order valence-electron chi connectivity index (χ3n) is 3.80. The molecular formula is C16H18F3NO4. The molecule has 1 aromatic rings. The van der Waals surface area contributed by atoms with E-state index in [4.69, 9.17) is 9.84 Å². The van der Waals surface area contributed by atoms with Crippen LogP contribution in [0.4, 0.5) is 13.2 Å². The van der Waals surface area contributed by atoms with Crippen molar-refractivity contribution in [3.63, 3.8) is 0 Å². The summed E-state index contributed by atoms with van der Waals surface area (Å²) >= 11 is 0. The highest BCUT2D eigenvalue weighted by Crippen LogP contribution is 2.29. The van der Waals surface area contributed by atoms with Gasteiger partial charge >= 0.3 is 12.1 Å². The van der Waals surface area contributed by atoms with Gasteiger partial charge in [-0.2, -0.15) is 13.2 Å². The van der Waals surface area contributed by atoms with E-state index in [-0.39, 0.29) is 31.9 Å². The second-order valence-corrected chi connectivity index (χ2v) is 5.63. The van der Waals surface area contributed by atoms with E-state index < -0.39 is 23.8 Å². The molecule has 0 unspecified atom stereocenters. The number of amides is 1. The van der Waals surface area contributed by atoms with Gasteiger partial charge in [0.25, 0.3) is 0 Å². The first-order chi connectivity index (χ1) is 11.3. The molecule has 8 heteroatoms. The van der Waals surface area contributed by atoms with E-state index in [2.05, 4.69) is 0 Å². The Labute approximate surface area is 137 Å². The number of halogens is 3. The zero-order valence-electron chi connectivity index (χ0n) is 12.9. The molecule has 1 N–H and O–H groups in total. The van der Waals surface area contributed by atoms with Gasteiger partial charge in [-0.05, 0) is 24.1 Å². The van der Waals surface area contributed by atoms with Gasteiger partial charge in [-0.15, -0.1) is 0 Å². The Balaban J connectivity index is 1.85. The Morgan fingerprint density at radius 2 is 1.92 bits per heavy atom. The lowest BCUT2D eigenvalue weighted by Gasteiger charge is -2.32. The highest BCUT2D eigenvalue weighted by Gasteiger charge is 2.30. The molecule has 0 bridgehead atoms. The lowest BCUT2D eigenvalue weighted by atomic mass is 10.1. The number of carbonyl (C=O) groups excluding carboxylic acids is 1. The molecule has 1 fully saturated rings. The molecule has 132 valence electrons. The number of aryl methyl sites for hydroxylation is 1. The van der Waals surface area contributed by atoms with Crippen molar-refractivity contribution >= 4 is 11.9 Å². The molecule has 1 aliphatic rings. The van der Waals surface area contributed by atoms with Crippen molar-refractivity contribution in [2.24, 2.45) is 0 Å². The maximum absolute atomic E-state index is 12.5. The second-order valence-electron chi connectivity index (χ2n) is 5.63. The molecular weight excluding hydrogens is 327 g/mol. The van der Waals surface area contributed by atoms with Crippen LogP contribution in [-0.2, 0) is 26.9 Å². The molecule has 1 aliphatic heterocycles. The maximum atomic E-state index is 12.5. The number of carbonyl (C=O) groups is 2. The van der Waals surface area contributed by atoms with Crippen LogP contribution in [0.25, 0.3) is 0 Å². The fraction of sp³-hybridized carbons (Fsp3) is 0.500. The Morgan fingerprint density at radius 3 is 2.50 bits per heavy atom. The van der Waals surface area contributed by atoms with E-state index in [0.717, 1.165) is 12.1 Å². The van der Waals surface area contributed by atoms with Crippen molar-refractivity contribution in [2.75, 3.05) is 19.7 Å². The van der Waals surface area contributed by atoms with Crippen molar-refractivity contribution in [1.82, 2.24) is 4.90 Å². The van der Waals surface area contributed by atoms with Crippen molar-refractivity contribution in [3.8, 4) is 0 Å². The number of benzene rings is 1. The number of ether oxygens (including phenoxy) is 1. The van der Waals surface area contributed by atoms with Gasteiger partial charge in [0.05, 0.1) is 24.7 Å². The second kappa shape index (κ2) is 7.65. The number of morpholine rings is 1. The first kappa shape index (κ1) is 18.3. The third-order valence-corrected chi connectivity index (χ3v) is 3.80. The number of carboxylic acid groups (broad SMARTS) is 1. The van der Waals surface area contributed by atoms with Gasteiger partial charge in [-0.3, -0.25) is 9.59 Å². The number of hydrogen-bond donors (Lipinski definition) is 1. The molecule has 2 rings (SSSR count). The summed E-state index contributed by atoms with van der Waals surface area (Å²) in [5.74, 6) is -1.15. The van der Waals surface area contributed by atoms with Gasteiger partial charge in [0.15, 0.2) is 0 Å². The lowest BCUT2D eigenvalue weighted by Crippen LogP contribution is -2.46. The highest BCUT2D eigenvalue weighted by atomic mass is 19.4. The smallest absolute Gasteiger partial charge is 0.416 e. The predicted molar refractivity (Wildman–Crippen MR) is 78.3 cm³/mol. The molecule has 0 aliphatic carbocycles. The predicted octanol–water partition coefficient (Wildman–Crippen LogP) is 2.34. The highest BCUT2D eigenvalue weighted by molar-refractivity contribution is 5.76. The normalized spacial score (nSPS) is 18.5. The summed E-state index contributed by atoms with van der Waals surface area (Å²) in [7, 11) is 0. The first-order valence-corrected chi connectivity index (χ1v) is 7.53. The van der Waals surface area contributed by atoms with Gasteiger partial charge in [-0.1, -0.05) is 12.1 Å². The molecule has 1 heterocycles. The van der Waals surface area contributed by atoms with Crippen LogP contribution in [0.3, 0.4) is 0 Å². The maximum Gasteiger partial charge on any atom is 0.416 e. The molecule has 24 heavy (non-hydrogen) atoms. The average Bonchev–Trinajstić information content (AvgIpc) is 2.52. The first-order valence-electron chi connectivity index (χ1n) is 7.53. The molecule has 0 saturated carbocycles. The summed E-state index contributed by atoms with van der Waals surface area (Å²) in [6.07, 6.45) is -4.57. The molecule has 0 radical (unpaired) electrons. The van der Waals surface area contributed by atoms with Gasteiger partial charge in [0.1, 0.15) is 0 Å². The van der Waals surface area contributed by atoms with Gasteiger partial charge in [0, 0.05) is 19.5 Å². The zero-order chi connectivity index (χ0) is 17.7. The molecule has 0 aromatic heterocycles. The minimum absolute atomic E-state index is 0.158. The Bertz CT molecular complexity index is 586. The molecule has 5 nitrogen and oxygen atoms in total. The topological polar surface area (TPSA) is 66.8 Å². The Kier molecular flexibility index (Phi) is 5.82. The SMILES string of the molecule is O=C(O)C[C@@H]1CN(C(=O)CCc2ccc(C(F)(F)F)cc2)CCO1. The van der Waals surface area contributed by atoms with Crippen LogP contribution in [0.5, 0.6) is 0 Å². The van der Waals surface area contributed by atoms with E-state index in [9.17, 15) is 22.8 Å². The van der Waals surface area contributed by atoms with Crippen LogP contribution >= 0.6 is 0 Å². The molecule has 1 saturated heterocycles. The zero-order valence-corrected chi connectivity index (χ0v) is 12.9. The van der Waals surface area contributed by atoms with E-state index >= 15 is 0 Å². The number of rotatable bonds is 5. The Hall–Kier alpha value is -2.09. The Morgan fingerprint density at radius 1 is 1.25 bits per heavy atom. The largest absolute Gasteiger partial charge is 0.481 e. The van der Waals surface area contributed by atoms with Gasteiger partial charge < -0.3 is 14.7 Å². The minimum atomic E-state index is -4.37. The van der Waals surface area contributed by atoms with Crippen LogP contribution in [0, 0.1) is 0 Å². The standard InChI is InChI=1S/C16H18F3NO4/c17-16(18,19)12-4-1-11(2-5-12)3-6-14(21)20-7-8-24-13(10-20)9-15(22)23/h1-2,4-5,13H,3,6-10H2,(H,22,23)/t13-/m1/s1. The number of alkyl halides is 3. The molecule has 1 amide bonds. The van der Waals surface area contributed by atoms with E-state index in [1.165, 1.54) is 12.1 Å². The van der Waals surface area contributed by atoms with Gasteiger partial charge in [-0.25, -0.2) is 0 Å². The van der Waals surface area contributed by atoms with Crippen molar-refractivity contribution in [3.05, 3.63) is 35.4 Å². The number of carboxylic acids is 1. The summed E-state index contributed by atoms with van der Waals surface area (Å²) in [5, 5.41) is 8.76. The minimum Gasteiger partial charge on any atom is -0.481 e. The molecule has 1 atom stereocenters. The fourth-order valence-corrected chi connectivity index (χ4v) is 2.53. The molecule has 1 aromatic carbocycles. The number of hydrogen-bond acceptors (Lipinski definition) is 3. The number of nitrogens with zero attached hydrogens (tertiary/aromatic N) is 1. The summed E-state index contributed by atoms with van der Waals surface area (Å²) < 4.78 is 42.8. The van der Waals surface area contributed by atoms with Crippen molar-refractivity contribution < 1.29 is 32.6 Å². The van der Waals surface area contributed by atoms with E-state index in [0.29, 0.717) is 18.5 Å². The fourth-order valence-electron chi connectivity index (χ4n) is 2.53. The van der Waals surface area contributed by atoms with Crippen molar-refractivity contribution in [1.29, 1.82) is 0 Å². The summed E-state index contributed by atoms with van der Waals surface area (Å²) in [5.41, 5.74) is -0.0750. The quantitative estimate of drug-likeness (QED) is 0.890. The third kappa shape index (κ3) is 5.23. The van der Waals surface area contributed by atoms with Crippen LogP contribution in [-0.4, -0.2) is 47.7 Å².